The average Bonchev–Trinajstić information content (AvgIpc) is 2.02. The molecule has 1 aromatic rings. The van der Waals surface area contributed by atoms with Crippen LogP contribution in [-0.2, 0) is 15.3 Å². The van der Waals surface area contributed by atoms with Crippen LogP contribution in [0.1, 0.15) is 5.56 Å². The summed E-state index contributed by atoms with van der Waals surface area (Å²) in [4.78, 5) is -0.00655. The third-order valence-electron chi connectivity index (χ3n) is 1.38. The molecule has 0 radical (unpaired) electrons. The Morgan fingerprint density at radius 2 is 1.71 bits per heavy atom. The van der Waals surface area contributed by atoms with Gasteiger partial charge in [0.25, 0.3) is 0 Å². The van der Waals surface area contributed by atoms with E-state index in [2.05, 4.69) is 4.18 Å². The van der Waals surface area contributed by atoms with Gasteiger partial charge in [0.2, 0.25) is 0 Å². The highest BCUT2D eigenvalue weighted by Gasteiger charge is 2.33. The third kappa shape index (κ3) is 3.47. The molecule has 0 bridgehead atoms. The molecule has 0 saturated heterocycles. The van der Waals surface area contributed by atoms with Crippen LogP contribution in [0.4, 0.5) is 13.2 Å². The van der Waals surface area contributed by atoms with Crippen LogP contribution in [-0.4, -0.2) is 10.6 Å². The number of benzene rings is 1. The molecule has 1 unspecified atom stereocenters. The van der Waals surface area contributed by atoms with Crippen LogP contribution < -0.4 is 0 Å². The van der Waals surface area contributed by atoms with Gasteiger partial charge in [-0.2, -0.15) is 4.18 Å². The van der Waals surface area contributed by atoms with Crippen LogP contribution >= 0.6 is 0 Å². The van der Waals surface area contributed by atoms with Gasteiger partial charge in [0.05, 0.1) is 4.90 Å². The van der Waals surface area contributed by atoms with E-state index in [1.54, 1.807) is 19.1 Å². The van der Waals surface area contributed by atoms with Gasteiger partial charge in [-0.1, -0.05) is 17.7 Å². The van der Waals surface area contributed by atoms with Crippen molar-refractivity contribution in [2.45, 2.75) is 18.2 Å². The van der Waals surface area contributed by atoms with Crippen molar-refractivity contribution in [2.75, 3.05) is 0 Å². The molecule has 1 rings (SSSR count). The molecule has 78 valence electrons. The molecule has 0 aromatic heterocycles. The molecule has 2 nitrogen and oxygen atoms in total. The van der Waals surface area contributed by atoms with E-state index in [-0.39, 0.29) is 4.90 Å². The molecule has 1 atom stereocenters. The maximum absolute atomic E-state index is 11.7. The lowest BCUT2D eigenvalue weighted by atomic mass is 10.2. The zero-order valence-electron chi connectivity index (χ0n) is 7.17. The number of rotatable bonds is 2. The van der Waals surface area contributed by atoms with Gasteiger partial charge in [-0.25, -0.2) is 4.21 Å². The van der Waals surface area contributed by atoms with Crippen molar-refractivity contribution < 1.29 is 21.6 Å². The molecule has 0 heterocycles. The van der Waals surface area contributed by atoms with E-state index in [0.717, 1.165) is 5.56 Å². The Kier molecular flexibility index (Phi) is 3.28. The van der Waals surface area contributed by atoms with Crippen molar-refractivity contribution in [3.63, 3.8) is 0 Å². The Labute approximate surface area is 81.4 Å². The van der Waals surface area contributed by atoms with Crippen molar-refractivity contribution in [2.24, 2.45) is 0 Å². The Balaban J connectivity index is 2.76. The second-order valence-electron chi connectivity index (χ2n) is 2.58. The summed E-state index contributed by atoms with van der Waals surface area (Å²) < 4.78 is 49.2. The number of hydrogen-bond acceptors (Lipinski definition) is 2. The van der Waals surface area contributed by atoms with Crippen LogP contribution in [0, 0.1) is 6.92 Å². The fraction of sp³-hybridized carbons (Fsp3) is 0.250. The van der Waals surface area contributed by atoms with E-state index in [1.165, 1.54) is 12.1 Å². The molecule has 0 N–H and O–H groups in total. The van der Waals surface area contributed by atoms with Gasteiger partial charge >= 0.3 is 6.36 Å². The highest BCUT2D eigenvalue weighted by atomic mass is 32.2. The minimum atomic E-state index is -4.88. The van der Waals surface area contributed by atoms with E-state index >= 15 is 0 Å². The van der Waals surface area contributed by atoms with Gasteiger partial charge < -0.3 is 0 Å². The average molecular weight is 224 g/mol. The number of hydrogen-bond donors (Lipinski definition) is 0. The Hall–Kier alpha value is -0.880. The summed E-state index contributed by atoms with van der Waals surface area (Å²) in [7, 11) is 0. The molecular weight excluding hydrogens is 217 g/mol. The second kappa shape index (κ2) is 4.10. The van der Waals surface area contributed by atoms with Crippen LogP contribution in [0.2, 0.25) is 0 Å². The molecule has 0 spiro atoms. The van der Waals surface area contributed by atoms with Gasteiger partial charge in [0.15, 0.2) is 11.1 Å². The molecule has 0 aliphatic rings. The van der Waals surface area contributed by atoms with Gasteiger partial charge in [-0.15, -0.1) is 13.2 Å². The van der Waals surface area contributed by atoms with Gasteiger partial charge in [0, 0.05) is 0 Å². The molecular formula is C8H7F3O2S. The summed E-state index contributed by atoms with van der Waals surface area (Å²) in [5.74, 6) is 0. The van der Waals surface area contributed by atoms with E-state index in [9.17, 15) is 17.4 Å². The lowest BCUT2D eigenvalue weighted by molar-refractivity contribution is -0.269. The van der Waals surface area contributed by atoms with E-state index in [4.69, 9.17) is 0 Å². The number of alkyl halides is 3. The van der Waals surface area contributed by atoms with Crippen molar-refractivity contribution >= 4 is 11.1 Å². The van der Waals surface area contributed by atoms with Crippen molar-refractivity contribution in [3.8, 4) is 0 Å². The summed E-state index contributed by atoms with van der Waals surface area (Å²) in [5, 5.41) is 0. The quantitative estimate of drug-likeness (QED) is 0.771. The molecule has 14 heavy (non-hydrogen) atoms. The molecule has 0 aliphatic carbocycles. The van der Waals surface area contributed by atoms with Gasteiger partial charge in [-0.3, -0.25) is 0 Å². The van der Waals surface area contributed by atoms with E-state index < -0.39 is 17.4 Å². The first-order valence-corrected chi connectivity index (χ1v) is 4.70. The summed E-state index contributed by atoms with van der Waals surface area (Å²) in [6.45, 7) is 1.78. The maximum Gasteiger partial charge on any atom is 0.535 e. The van der Waals surface area contributed by atoms with E-state index in [0.29, 0.717) is 0 Å². The minimum Gasteiger partial charge on any atom is -0.224 e. The predicted octanol–water partition coefficient (Wildman–Crippen LogP) is 2.55. The standard InChI is InChI=1S/C8H7F3O2S/c1-6-2-4-7(5-3-6)14(12)13-8(9,10)11/h2-5H,1H3. The molecule has 0 fully saturated rings. The Bertz CT molecular complexity index is 331. The lowest BCUT2D eigenvalue weighted by Gasteiger charge is -2.05. The first-order valence-electron chi connectivity index (χ1n) is 3.63. The zero-order valence-corrected chi connectivity index (χ0v) is 7.98. The Morgan fingerprint density at radius 3 is 2.14 bits per heavy atom. The SMILES string of the molecule is Cc1ccc(S(=O)OC(F)(F)F)cc1. The first kappa shape index (κ1) is 11.2. The van der Waals surface area contributed by atoms with Crippen LogP contribution in [0.3, 0.4) is 0 Å². The zero-order chi connectivity index (χ0) is 10.8. The molecule has 0 saturated carbocycles. The van der Waals surface area contributed by atoms with Crippen molar-refractivity contribution in [3.05, 3.63) is 29.8 Å². The fourth-order valence-electron chi connectivity index (χ4n) is 0.783. The predicted molar refractivity (Wildman–Crippen MR) is 44.7 cm³/mol. The number of aryl methyl sites for hydroxylation is 1. The van der Waals surface area contributed by atoms with Crippen LogP contribution in [0.5, 0.6) is 0 Å². The van der Waals surface area contributed by atoms with Crippen molar-refractivity contribution in [1.82, 2.24) is 0 Å². The van der Waals surface area contributed by atoms with Crippen molar-refractivity contribution in [1.29, 1.82) is 0 Å². The Morgan fingerprint density at radius 1 is 1.21 bits per heavy atom. The molecule has 6 heteroatoms. The fourth-order valence-corrected chi connectivity index (χ4v) is 1.41. The molecule has 0 amide bonds. The maximum atomic E-state index is 11.7. The first-order chi connectivity index (χ1) is 6.38. The second-order valence-corrected chi connectivity index (χ2v) is 3.68. The largest absolute Gasteiger partial charge is 0.535 e. The highest BCUT2D eigenvalue weighted by molar-refractivity contribution is 7.80. The topological polar surface area (TPSA) is 26.3 Å². The highest BCUT2D eigenvalue weighted by Crippen LogP contribution is 2.21. The molecule has 0 aliphatic heterocycles. The minimum absolute atomic E-state index is 0.00655. The lowest BCUT2D eigenvalue weighted by Crippen LogP contribution is -2.15. The van der Waals surface area contributed by atoms with Crippen LogP contribution in [0.15, 0.2) is 29.2 Å². The summed E-state index contributed by atoms with van der Waals surface area (Å²) in [6.07, 6.45) is -4.88. The monoisotopic (exact) mass is 224 g/mol. The summed E-state index contributed by atoms with van der Waals surface area (Å²) in [5.41, 5.74) is 0.873. The van der Waals surface area contributed by atoms with Gasteiger partial charge in [0.1, 0.15) is 0 Å². The molecule has 1 aromatic carbocycles. The van der Waals surface area contributed by atoms with Gasteiger partial charge in [-0.05, 0) is 19.1 Å². The normalized spacial score (nSPS) is 14.0. The smallest absolute Gasteiger partial charge is 0.224 e. The number of halogens is 3. The van der Waals surface area contributed by atoms with Crippen LogP contribution in [0.25, 0.3) is 0 Å². The third-order valence-corrected chi connectivity index (χ3v) is 2.38. The summed E-state index contributed by atoms with van der Waals surface area (Å²) >= 11 is -2.49. The summed E-state index contributed by atoms with van der Waals surface area (Å²) in [6, 6.07) is 5.79. The van der Waals surface area contributed by atoms with E-state index in [1.807, 2.05) is 0 Å².